The van der Waals surface area contributed by atoms with Gasteiger partial charge < -0.3 is 10.1 Å². The van der Waals surface area contributed by atoms with Gasteiger partial charge in [0.25, 0.3) is 0 Å². The van der Waals surface area contributed by atoms with Crippen LogP contribution in [0.15, 0.2) is 16.8 Å². The predicted octanol–water partition coefficient (Wildman–Crippen LogP) is 1.52. The minimum Gasteiger partial charge on any atom is -0.379 e. The van der Waals surface area contributed by atoms with Gasteiger partial charge in [-0.15, -0.1) is 0 Å². The molecule has 5 heteroatoms. The zero-order valence-corrected chi connectivity index (χ0v) is 12.5. The van der Waals surface area contributed by atoms with Crippen molar-refractivity contribution in [1.82, 2.24) is 10.2 Å². The third-order valence-corrected chi connectivity index (χ3v) is 4.26. The van der Waals surface area contributed by atoms with Crippen LogP contribution in [0.3, 0.4) is 0 Å². The fourth-order valence-corrected chi connectivity index (χ4v) is 2.91. The lowest BCUT2D eigenvalue weighted by atomic mass is 10.0. The van der Waals surface area contributed by atoms with Gasteiger partial charge in [-0.2, -0.15) is 11.3 Å². The lowest BCUT2D eigenvalue weighted by Crippen LogP contribution is -2.55. The molecular weight excluding hydrogens is 260 g/mol. The Bertz CT molecular complexity index is 398. The van der Waals surface area contributed by atoms with Gasteiger partial charge in [-0.25, -0.2) is 0 Å². The zero-order valence-electron chi connectivity index (χ0n) is 11.6. The van der Waals surface area contributed by atoms with Gasteiger partial charge in [0.05, 0.1) is 19.6 Å². The molecule has 1 aromatic heterocycles. The molecule has 0 atom stereocenters. The Morgan fingerprint density at radius 1 is 1.47 bits per heavy atom. The second-order valence-corrected chi connectivity index (χ2v) is 6.28. The first-order valence-electron chi connectivity index (χ1n) is 6.68. The van der Waals surface area contributed by atoms with Crippen LogP contribution in [0, 0.1) is 0 Å². The molecule has 1 fully saturated rings. The molecule has 1 aliphatic heterocycles. The largest absolute Gasteiger partial charge is 0.379 e. The Labute approximate surface area is 118 Å². The van der Waals surface area contributed by atoms with Crippen molar-refractivity contribution in [3.8, 4) is 0 Å². The van der Waals surface area contributed by atoms with E-state index in [0.717, 1.165) is 31.9 Å². The summed E-state index contributed by atoms with van der Waals surface area (Å²) in [5, 5.41) is 7.06. The Morgan fingerprint density at radius 2 is 2.21 bits per heavy atom. The molecule has 0 spiro atoms. The summed E-state index contributed by atoms with van der Waals surface area (Å²) in [4.78, 5) is 14.3. The number of rotatable bonds is 5. The lowest BCUT2D eigenvalue weighted by molar-refractivity contribution is -0.121. The smallest absolute Gasteiger partial charge is 0.224 e. The average Bonchev–Trinajstić information content (AvgIpc) is 2.90. The maximum atomic E-state index is 11.9. The third-order valence-electron chi connectivity index (χ3n) is 3.53. The van der Waals surface area contributed by atoms with Gasteiger partial charge in [0.15, 0.2) is 0 Å². The lowest BCUT2D eigenvalue weighted by Gasteiger charge is -2.40. The Kier molecular flexibility index (Phi) is 4.96. The summed E-state index contributed by atoms with van der Waals surface area (Å²) in [6.07, 6.45) is 0.475. The molecule has 2 rings (SSSR count). The van der Waals surface area contributed by atoms with Crippen molar-refractivity contribution in [3.05, 3.63) is 22.4 Å². The van der Waals surface area contributed by atoms with E-state index in [9.17, 15) is 4.79 Å². The molecule has 0 aromatic carbocycles. The van der Waals surface area contributed by atoms with Gasteiger partial charge in [0.2, 0.25) is 5.91 Å². The highest BCUT2D eigenvalue weighted by Crippen LogP contribution is 2.15. The van der Waals surface area contributed by atoms with Crippen molar-refractivity contribution in [2.24, 2.45) is 0 Å². The number of amides is 1. The maximum absolute atomic E-state index is 11.9. The number of morpholine rings is 1. The van der Waals surface area contributed by atoms with Crippen molar-refractivity contribution in [2.45, 2.75) is 25.8 Å². The fourth-order valence-electron chi connectivity index (χ4n) is 2.24. The molecule has 1 aromatic rings. The number of ether oxygens (including phenoxy) is 1. The molecule has 0 unspecified atom stereocenters. The first-order chi connectivity index (χ1) is 9.08. The molecule has 4 nitrogen and oxygen atoms in total. The van der Waals surface area contributed by atoms with E-state index in [2.05, 4.69) is 24.1 Å². The van der Waals surface area contributed by atoms with Crippen LogP contribution in [-0.2, 0) is 16.0 Å². The van der Waals surface area contributed by atoms with Crippen molar-refractivity contribution in [3.63, 3.8) is 0 Å². The molecule has 0 saturated carbocycles. The van der Waals surface area contributed by atoms with Crippen LogP contribution in [0.25, 0.3) is 0 Å². The molecule has 1 N–H and O–H groups in total. The number of carbonyl (C=O) groups excluding carboxylic acids is 1. The van der Waals surface area contributed by atoms with Gasteiger partial charge in [0, 0.05) is 25.2 Å². The quantitative estimate of drug-likeness (QED) is 0.890. The average molecular weight is 282 g/mol. The van der Waals surface area contributed by atoms with E-state index in [1.807, 2.05) is 16.8 Å². The number of carbonyl (C=O) groups is 1. The summed E-state index contributed by atoms with van der Waals surface area (Å²) in [6, 6.07) is 2.00. The van der Waals surface area contributed by atoms with Gasteiger partial charge in [-0.1, -0.05) is 0 Å². The summed E-state index contributed by atoms with van der Waals surface area (Å²) in [5.41, 5.74) is 1.07. The number of nitrogens with zero attached hydrogens (tertiary/aromatic N) is 1. The van der Waals surface area contributed by atoms with Crippen LogP contribution in [0.4, 0.5) is 0 Å². The minimum absolute atomic E-state index is 0.0198. The standard InChI is InChI=1S/C14H22N2O2S/c1-14(2,16-4-6-18-7-5-16)11-15-13(17)9-12-3-8-19-10-12/h3,8,10H,4-7,9,11H2,1-2H3,(H,15,17). The fraction of sp³-hybridized carbons (Fsp3) is 0.643. The van der Waals surface area contributed by atoms with Crippen LogP contribution < -0.4 is 5.32 Å². The maximum Gasteiger partial charge on any atom is 0.224 e. The topological polar surface area (TPSA) is 41.6 Å². The van der Waals surface area contributed by atoms with Gasteiger partial charge >= 0.3 is 0 Å². The Hall–Kier alpha value is -0.910. The van der Waals surface area contributed by atoms with E-state index in [1.54, 1.807) is 11.3 Å². The Morgan fingerprint density at radius 3 is 2.84 bits per heavy atom. The first kappa shape index (κ1) is 14.5. The molecule has 0 radical (unpaired) electrons. The second-order valence-electron chi connectivity index (χ2n) is 5.50. The second kappa shape index (κ2) is 6.50. The molecule has 2 heterocycles. The highest BCUT2D eigenvalue weighted by atomic mass is 32.1. The van der Waals surface area contributed by atoms with Crippen molar-refractivity contribution >= 4 is 17.2 Å². The van der Waals surface area contributed by atoms with Crippen LogP contribution >= 0.6 is 11.3 Å². The molecule has 0 bridgehead atoms. The summed E-state index contributed by atoms with van der Waals surface area (Å²) in [7, 11) is 0. The monoisotopic (exact) mass is 282 g/mol. The molecule has 19 heavy (non-hydrogen) atoms. The van der Waals surface area contributed by atoms with Gasteiger partial charge in [0.1, 0.15) is 0 Å². The zero-order chi connectivity index (χ0) is 13.7. The van der Waals surface area contributed by atoms with Crippen LogP contribution in [0.1, 0.15) is 19.4 Å². The predicted molar refractivity (Wildman–Crippen MR) is 77.5 cm³/mol. The van der Waals surface area contributed by atoms with E-state index < -0.39 is 0 Å². The first-order valence-corrected chi connectivity index (χ1v) is 7.63. The summed E-state index contributed by atoms with van der Waals surface area (Å²) < 4.78 is 5.36. The molecular formula is C14H22N2O2S. The summed E-state index contributed by atoms with van der Waals surface area (Å²) >= 11 is 1.63. The number of thiophene rings is 1. The number of nitrogens with one attached hydrogen (secondary N) is 1. The number of hydrogen-bond donors (Lipinski definition) is 1. The molecule has 1 saturated heterocycles. The van der Waals surface area contributed by atoms with Crippen molar-refractivity contribution in [2.75, 3.05) is 32.8 Å². The summed E-state index contributed by atoms with van der Waals surface area (Å²) in [5.74, 6) is 0.0970. The normalized spacial score (nSPS) is 17.4. The molecule has 1 amide bonds. The van der Waals surface area contributed by atoms with Gasteiger partial charge in [-0.3, -0.25) is 9.69 Å². The van der Waals surface area contributed by atoms with E-state index in [0.29, 0.717) is 13.0 Å². The summed E-state index contributed by atoms with van der Waals surface area (Å²) in [6.45, 7) is 8.46. The van der Waals surface area contributed by atoms with E-state index >= 15 is 0 Å². The van der Waals surface area contributed by atoms with Crippen molar-refractivity contribution < 1.29 is 9.53 Å². The SMILES string of the molecule is CC(C)(CNC(=O)Cc1ccsc1)N1CCOCC1. The Balaban J connectivity index is 1.78. The number of hydrogen-bond acceptors (Lipinski definition) is 4. The van der Waals surface area contributed by atoms with E-state index in [4.69, 9.17) is 4.74 Å². The highest BCUT2D eigenvalue weighted by Gasteiger charge is 2.28. The van der Waals surface area contributed by atoms with Crippen molar-refractivity contribution in [1.29, 1.82) is 0 Å². The van der Waals surface area contributed by atoms with E-state index in [-0.39, 0.29) is 11.4 Å². The highest BCUT2D eigenvalue weighted by molar-refractivity contribution is 7.07. The van der Waals surface area contributed by atoms with Crippen LogP contribution in [0.5, 0.6) is 0 Å². The molecule has 1 aliphatic rings. The van der Waals surface area contributed by atoms with E-state index in [1.165, 1.54) is 0 Å². The third kappa shape index (κ3) is 4.30. The van der Waals surface area contributed by atoms with Crippen LogP contribution in [-0.4, -0.2) is 49.2 Å². The minimum atomic E-state index is -0.0198. The molecule has 0 aliphatic carbocycles. The molecule has 106 valence electrons. The van der Waals surface area contributed by atoms with Crippen LogP contribution in [0.2, 0.25) is 0 Å². The van der Waals surface area contributed by atoms with Gasteiger partial charge in [-0.05, 0) is 36.2 Å².